The lowest BCUT2D eigenvalue weighted by Crippen LogP contribution is -2.46. The molecule has 2 aromatic carbocycles. The fraction of sp³-hybridized carbons (Fsp3) is 0.250. The summed E-state index contributed by atoms with van der Waals surface area (Å²) in [7, 11) is 0. The van der Waals surface area contributed by atoms with E-state index in [1.165, 1.54) is 11.3 Å². The minimum atomic E-state index is -0.0685. The van der Waals surface area contributed by atoms with Crippen molar-refractivity contribution < 1.29 is 4.79 Å². The summed E-state index contributed by atoms with van der Waals surface area (Å²) in [5.74, 6) is 1.64. The van der Waals surface area contributed by atoms with Crippen LogP contribution in [0, 0.1) is 0 Å². The lowest BCUT2D eigenvalue weighted by molar-refractivity contribution is 0.104. The van der Waals surface area contributed by atoms with Crippen LogP contribution in [0.25, 0.3) is 0 Å². The van der Waals surface area contributed by atoms with Gasteiger partial charge in [-0.1, -0.05) is 30.3 Å². The Labute approximate surface area is 205 Å². The third-order valence-electron chi connectivity index (χ3n) is 6.84. The van der Waals surface area contributed by atoms with E-state index in [-0.39, 0.29) is 5.78 Å². The number of ketones is 1. The van der Waals surface area contributed by atoms with Crippen LogP contribution in [0.15, 0.2) is 89.9 Å². The van der Waals surface area contributed by atoms with Gasteiger partial charge in [0.05, 0.1) is 12.2 Å². The number of carbonyl (C=O) groups excluding carboxylic acids is 1. The number of hydrogen-bond acceptors (Lipinski definition) is 7. The normalized spacial score (nSPS) is 18.6. The molecule has 1 aromatic heterocycles. The Morgan fingerprint density at radius 2 is 1.83 bits per heavy atom. The monoisotopic (exact) mass is 464 g/mol. The van der Waals surface area contributed by atoms with Crippen LogP contribution < -0.4 is 10.2 Å². The first kappa shape index (κ1) is 21.6. The molecule has 0 bridgehead atoms. The van der Waals surface area contributed by atoms with Gasteiger partial charge in [-0.2, -0.15) is 0 Å². The summed E-state index contributed by atoms with van der Waals surface area (Å²) in [5.41, 5.74) is 5.21. The molecular formula is C28H28N6O. The van der Waals surface area contributed by atoms with Crippen LogP contribution in [0.2, 0.25) is 0 Å². The Kier molecular flexibility index (Phi) is 5.76. The van der Waals surface area contributed by atoms with Gasteiger partial charge in [0, 0.05) is 74.6 Å². The van der Waals surface area contributed by atoms with E-state index in [0.29, 0.717) is 5.56 Å². The van der Waals surface area contributed by atoms with Gasteiger partial charge in [0.2, 0.25) is 0 Å². The van der Waals surface area contributed by atoms with Gasteiger partial charge in [0.15, 0.2) is 5.78 Å². The molecule has 0 spiro atoms. The van der Waals surface area contributed by atoms with E-state index in [2.05, 4.69) is 73.5 Å². The predicted octanol–water partition coefficient (Wildman–Crippen LogP) is 3.62. The molecule has 0 radical (unpaired) electrons. The van der Waals surface area contributed by atoms with Crippen LogP contribution >= 0.6 is 0 Å². The summed E-state index contributed by atoms with van der Waals surface area (Å²) in [6.07, 6.45) is 4.94. The van der Waals surface area contributed by atoms with Gasteiger partial charge < -0.3 is 15.1 Å². The number of allylic oxidation sites excluding steroid dienone is 1. The van der Waals surface area contributed by atoms with Gasteiger partial charge in [-0.05, 0) is 35.9 Å². The van der Waals surface area contributed by atoms with Gasteiger partial charge in [0.1, 0.15) is 11.7 Å². The second-order valence-electron chi connectivity index (χ2n) is 9.10. The van der Waals surface area contributed by atoms with E-state index in [1.54, 1.807) is 30.6 Å². The Morgan fingerprint density at radius 3 is 2.63 bits per heavy atom. The van der Waals surface area contributed by atoms with Gasteiger partial charge in [-0.15, -0.1) is 0 Å². The minimum absolute atomic E-state index is 0.0685. The van der Waals surface area contributed by atoms with E-state index < -0.39 is 0 Å². The summed E-state index contributed by atoms with van der Waals surface area (Å²) in [6.45, 7) is 6.52. The van der Waals surface area contributed by atoms with E-state index in [9.17, 15) is 4.79 Å². The third kappa shape index (κ3) is 4.42. The van der Waals surface area contributed by atoms with Crippen molar-refractivity contribution in [2.24, 2.45) is 4.99 Å². The van der Waals surface area contributed by atoms with Crippen molar-refractivity contribution in [2.45, 2.75) is 6.54 Å². The van der Waals surface area contributed by atoms with Crippen molar-refractivity contribution >= 4 is 23.0 Å². The van der Waals surface area contributed by atoms with Gasteiger partial charge in [-0.3, -0.25) is 19.7 Å². The average molecular weight is 465 g/mol. The number of amidine groups is 1. The molecule has 0 saturated carbocycles. The summed E-state index contributed by atoms with van der Waals surface area (Å²) in [4.78, 5) is 28.7. The molecule has 3 aliphatic heterocycles. The number of aliphatic imine (C=N–C) groups is 1. The van der Waals surface area contributed by atoms with E-state index >= 15 is 0 Å². The minimum Gasteiger partial charge on any atom is -0.369 e. The number of fused-ring (bicyclic) bond motifs is 3. The Bertz CT molecular complexity index is 1280. The molecule has 1 saturated heterocycles. The summed E-state index contributed by atoms with van der Waals surface area (Å²) < 4.78 is 0. The first-order valence-electron chi connectivity index (χ1n) is 12.2. The van der Waals surface area contributed by atoms with Crippen LogP contribution in [0.3, 0.4) is 0 Å². The molecular weight excluding hydrogens is 436 g/mol. The second kappa shape index (κ2) is 9.35. The molecule has 35 heavy (non-hydrogen) atoms. The van der Waals surface area contributed by atoms with Gasteiger partial charge in [-0.25, -0.2) is 0 Å². The number of nitrogens with one attached hydrogen (secondary N) is 1. The average Bonchev–Trinajstić information content (AvgIpc) is 3.41. The number of benzene rings is 2. The number of rotatable bonds is 5. The van der Waals surface area contributed by atoms with Crippen molar-refractivity contribution in [1.82, 2.24) is 14.8 Å². The van der Waals surface area contributed by atoms with Gasteiger partial charge in [0.25, 0.3) is 0 Å². The zero-order valence-corrected chi connectivity index (χ0v) is 19.6. The number of anilines is 2. The molecule has 3 aliphatic rings. The van der Waals surface area contributed by atoms with Crippen molar-refractivity contribution in [3.05, 3.63) is 102 Å². The highest BCUT2D eigenvalue weighted by molar-refractivity contribution is 6.10. The maximum Gasteiger partial charge on any atom is 0.191 e. The molecule has 7 heteroatoms. The molecule has 4 heterocycles. The first-order valence-corrected chi connectivity index (χ1v) is 12.2. The van der Waals surface area contributed by atoms with Crippen LogP contribution in [-0.2, 0) is 6.54 Å². The highest BCUT2D eigenvalue weighted by atomic mass is 16.1. The van der Waals surface area contributed by atoms with Crippen LogP contribution in [0.1, 0.15) is 21.5 Å². The molecule has 1 fully saturated rings. The first-order chi connectivity index (χ1) is 17.2. The van der Waals surface area contributed by atoms with Crippen LogP contribution in [0.4, 0.5) is 11.4 Å². The molecule has 7 nitrogen and oxygen atoms in total. The number of aromatic nitrogens is 1. The predicted molar refractivity (Wildman–Crippen MR) is 139 cm³/mol. The fourth-order valence-electron chi connectivity index (χ4n) is 4.98. The third-order valence-corrected chi connectivity index (χ3v) is 6.84. The standard InChI is InChI=1S/C28H28N6O/c35-26(22-7-4-10-29-19-22)18-27-31-25-17-23(8-9-24(25)28-30-11-12-34(27)28)33-15-13-32(14-16-33)20-21-5-2-1-3-6-21/h1-10,17-19,31H,11-16,20H2. The summed E-state index contributed by atoms with van der Waals surface area (Å²) >= 11 is 0. The molecule has 1 N–H and O–H groups in total. The zero-order valence-electron chi connectivity index (χ0n) is 19.6. The number of nitrogens with zero attached hydrogens (tertiary/aromatic N) is 5. The van der Waals surface area contributed by atoms with Crippen LogP contribution in [0.5, 0.6) is 0 Å². The number of piperazine rings is 1. The quantitative estimate of drug-likeness (QED) is 0.460. The smallest absolute Gasteiger partial charge is 0.191 e. The molecule has 3 aromatic rings. The molecule has 0 atom stereocenters. The molecule has 0 aliphatic carbocycles. The van der Waals surface area contributed by atoms with Crippen molar-refractivity contribution in [2.75, 3.05) is 49.5 Å². The number of carbonyl (C=O) groups is 1. The second-order valence-corrected chi connectivity index (χ2v) is 9.10. The molecule has 0 unspecified atom stereocenters. The maximum atomic E-state index is 12.9. The highest BCUT2D eigenvalue weighted by Crippen LogP contribution is 2.33. The highest BCUT2D eigenvalue weighted by Gasteiger charge is 2.30. The SMILES string of the molecule is O=C(C=C1Nc2cc(N3CCN(Cc4ccccc4)CC3)ccc2C2=NCCN12)c1cccnc1. The van der Waals surface area contributed by atoms with Crippen LogP contribution in [-0.4, -0.2) is 65.7 Å². The van der Waals surface area contributed by atoms with Crippen molar-refractivity contribution in [1.29, 1.82) is 0 Å². The van der Waals surface area contributed by atoms with E-state index in [0.717, 1.165) is 68.7 Å². The van der Waals surface area contributed by atoms with Gasteiger partial charge >= 0.3 is 0 Å². The van der Waals surface area contributed by atoms with Crippen molar-refractivity contribution in [3.8, 4) is 0 Å². The summed E-state index contributed by atoms with van der Waals surface area (Å²) in [6, 6.07) is 20.8. The van der Waals surface area contributed by atoms with Crippen molar-refractivity contribution in [3.63, 3.8) is 0 Å². The maximum absolute atomic E-state index is 12.9. The lowest BCUT2D eigenvalue weighted by atomic mass is 10.1. The topological polar surface area (TPSA) is 64.1 Å². The fourth-order valence-corrected chi connectivity index (χ4v) is 4.98. The largest absolute Gasteiger partial charge is 0.369 e. The molecule has 176 valence electrons. The Hall–Kier alpha value is -3.97. The lowest BCUT2D eigenvalue weighted by Gasteiger charge is -2.37. The number of pyridine rings is 1. The Balaban J connectivity index is 1.20. The molecule has 0 amide bonds. The zero-order chi connectivity index (χ0) is 23.6. The summed E-state index contributed by atoms with van der Waals surface area (Å²) in [5, 5.41) is 3.52. The number of hydrogen-bond donors (Lipinski definition) is 1. The van der Waals surface area contributed by atoms with E-state index in [4.69, 9.17) is 4.99 Å². The molecule has 6 rings (SSSR count). The Morgan fingerprint density at radius 1 is 0.971 bits per heavy atom. The van der Waals surface area contributed by atoms with E-state index in [1.807, 2.05) is 0 Å².